The lowest BCUT2D eigenvalue weighted by Crippen LogP contribution is -1.76. The lowest BCUT2D eigenvalue weighted by Gasteiger charge is -1.87. The van der Waals surface area contributed by atoms with Gasteiger partial charge in [0.15, 0.2) is 0 Å². The molecule has 10 heavy (non-hydrogen) atoms. The van der Waals surface area contributed by atoms with Gasteiger partial charge in [-0.3, -0.25) is 0 Å². The fourth-order valence-electron chi connectivity index (χ4n) is 0.658. The Morgan fingerprint density at radius 2 is 2.20 bits per heavy atom. The van der Waals surface area contributed by atoms with Crippen molar-refractivity contribution in [2.45, 2.75) is 0 Å². The van der Waals surface area contributed by atoms with Gasteiger partial charge in [0.2, 0.25) is 0 Å². The highest BCUT2D eigenvalue weighted by Crippen LogP contribution is 1.98. The summed E-state index contributed by atoms with van der Waals surface area (Å²) in [6, 6.07) is 5.87. The summed E-state index contributed by atoms with van der Waals surface area (Å²) in [7, 11) is -0.0892. The van der Waals surface area contributed by atoms with Gasteiger partial charge in [-0.05, 0) is 24.6 Å². The molecule has 0 saturated heterocycles. The fraction of sp³-hybridized carbons (Fsp3) is 0.250. The lowest BCUT2D eigenvalue weighted by atomic mass is 10.4. The van der Waals surface area contributed by atoms with Crippen molar-refractivity contribution in [2.24, 2.45) is 0 Å². The summed E-state index contributed by atoms with van der Waals surface area (Å²) in [5.74, 6) is 0. The van der Waals surface area contributed by atoms with Crippen LogP contribution in [-0.2, 0) is 0 Å². The summed E-state index contributed by atoms with van der Waals surface area (Å²) in [6.07, 6.45) is 6.11. The molecule has 1 aromatic heterocycles. The quantitative estimate of drug-likeness (QED) is 0.559. The van der Waals surface area contributed by atoms with E-state index in [2.05, 4.69) is 22.7 Å². The Hall–Kier alpha value is -0.720. The molecule has 0 amide bonds. The lowest BCUT2D eigenvalue weighted by molar-refractivity contribution is 1.29. The number of aromatic nitrogens is 1. The largest absolute Gasteiger partial charge is 0.248 e. The molecule has 0 aliphatic heterocycles. The normalized spacial score (nSPS) is 9.50. The zero-order chi connectivity index (χ0) is 7.40. The Kier molecular flexibility index (Phi) is 2.55. The summed E-state index contributed by atoms with van der Waals surface area (Å²) in [4.78, 5) is 4.12. The monoisotopic (exact) mass is 153 g/mol. The average Bonchev–Trinajstić information content (AvgIpc) is 1.88. The molecule has 1 heterocycles. The summed E-state index contributed by atoms with van der Waals surface area (Å²) in [5.41, 5.74) is 0.971. The van der Waals surface area contributed by atoms with Crippen molar-refractivity contribution >= 4 is 10.3 Å². The first-order valence-electron chi connectivity index (χ1n) is 3.14. The Morgan fingerprint density at radius 1 is 1.40 bits per heavy atom. The highest BCUT2D eigenvalue weighted by atomic mass is 32.2. The third-order valence-corrected chi connectivity index (χ3v) is 1.68. The predicted molar refractivity (Wildman–Crippen MR) is 48.1 cm³/mol. The smallest absolute Gasteiger partial charge is 0.110 e. The van der Waals surface area contributed by atoms with Crippen molar-refractivity contribution in [1.29, 1.82) is 0 Å². The second kappa shape index (κ2) is 3.45. The molecule has 0 unspecified atom stereocenters. The van der Waals surface area contributed by atoms with E-state index in [0.29, 0.717) is 0 Å². The van der Waals surface area contributed by atoms with Crippen LogP contribution in [0.25, 0.3) is 0 Å². The van der Waals surface area contributed by atoms with Crippen molar-refractivity contribution in [2.75, 3.05) is 12.5 Å². The van der Waals surface area contributed by atoms with Crippen molar-refractivity contribution in [1.82, 2.24) is 4.98 Å². The molecule has 2 heteroatoms. The molecule has 1 nitrogen and oxygen atoms in total. The molecule has 0 aromatic carbocycles. The summed E-state index contributed by atoms with van der Waals surface area (Å²) < 4.78 is 0. The minimum Gasteiger partial charge on any atom is -0.248 e. The number of thiol groups is 1. The van der Waals surface area contributed by atoms with Crippen LogP contribution in [0.2, 0.25) is 0 Å². The third-order valence-electron chi connectivity index (χ3n) is 1.00. The molecule has 0 spiro atoms. The van der Waals surface area contributed by atoms with Gasteiger partial charge in [0.05, 0.1) is 0 Å². The van der Waals surface area contributed by atoms with Crippen LogP contribution >= 0.6 is 10.3 Å². The predicted octanol–water partition coefficient (Wildman–Crippen LogP) is 1.65. The van der Waals surface area contributed by atoms with E-state index in [9.17, 15) is 0 Å². The van der Waals surface area contributed by atoms with Crippen molar-refractivity contribution in [3.8, 4) is 5.18 Å². The van der Waals surface area contributed by atoms with E-state index in [0.717, 1.165) is 5.69 Å². The van der Waals surface area contributed by atoms with Crippen LogP contribution in [0.15, 0.2) is 24.4 Å². The minimum absolute atomic E-state index is 0.0892. The fourth-order valence-corrected chi connectivity index (χ4v) is 1.25. The van der Waals surface area contributed by atoms with Crippen LogP contribution in [0.1, 0.15) is 5.69 Å². The van der Waals surface area contributed by atoms with E-state index in [4.69, 9.17) is 0 Å². The number of hydrogen-bond acceptors (Lipinski definition) is 1. The summed E-state index contributed by atoms with van der Waals surface area (Å²) in [6.45, 7) is 0. The zero-order valence-electron chi connectivity index (χ0n) is 6.20. The van der Waals surface area contributed by atoms with E-state index in [1.165, 1.54) is 0 Å². The van der Waals surface area contributed by atoms with E-state index < -0.39 is 0 Å². The second-order valence-electron chi connectivity index (χ2n) is 2.22. The van der Waals surface area contributed by atoms with E-state index in [1.54, 1.807) is 6.20 Å². The topological polar surface area (TPSA) is 12.9 Å². The van der Waals surface area contributed by atoms with E-state index in [-0.39, 0.29) is 10.3 Å². The Labute approximate surface area is 63.7 Å². The minimum atomic E-state index is -0.0892. The maximum atomic E-state index is 4.12. The molecule has 0 bridgehead atoms. The molecule has 0 fully saturated rings. The molecule has 1 aromatic rings. The van der Waals surface area contributed by atoms with Gasteiger partial charge >= 0.3 is 0 Å². The van der Waals surface area contributed by atoms with Crippen LogP contribution in [0.4, 0.5) is 0 Å². The van der Waals surface area contributed by atoms with E-state index in [1.807, 2.05) is 18.2 Å². The first-order valence-corrected chi connectivity index (χ1v) is 5.37. The van der Waals surface area contributed by atoms with Gasteiger partial charge in [0.25, 0.3) is 0 Å². The Morgan fingerprint density at radius 3 is 2.70 bits per heavy atom. The molecule has 0 atom stereocenters. The standard InChI is InChI=1S/C8H11NS/c1-10(2)7-8-5-3-4-6-9-8/h3-6,10H,1-2H3. The number of pyridine rings is 1. The summed E-state index contributed by atoms with van der Waals surface area (Å²) in [5, 5.41) is 3.26. The summed E-state index contributed by atoms with van der Waals surface area (Å²) >= 11 is 0. The molecule has 0 saturated carbocycles. The zero-order valence-corrected chi connectivity index (χ0v) is 7.10. The van der Waals surface area contributed by atoms with Crippen LogP contribution in [-0.4, -0.2) is 17.5 Å². The van der Waals surface area contributed by atoms with Gasteiger partial charge in [-0.2, -0.15) is 0 Å². The first kappa shape index (κ1) is 7.39. The van der Waals surface area contributed by atoms with Gasteiger partial charge in [0, 0.05) is 6.20 Å². The van der Waals surface area contributed by atoms with Gasteiger partial charge in [-0.15, -0.1) is 0 Å². The maximum absolute atomic E-state index is 4.12. The first-order chi connectivity index (χ1) is 4.79. The molecular formula is C8H11NS. The van der Waals surface area contributed by atoms with Crippen molar-refractivity contribution in [3.63, 3.8) is 0 Å². The third kappa shape index (κ3) is 2.26. The molecule has 0 aliphatic carbocycles. The van der Waals surface area contributed by atoms with Crippen LogP contribution in [0.3, 0.4) is 0 Å². The molecule has 1 rings (SSSR count). The average molecular weight is 153 g/mol. The molecule has 0 radical (unpaired) electrons. The molecule has 54 valence electrons. The number of hydrogen-bond donors (Lipinski definition) is 1. The Balaban J connectivity index is 2.98. The Bertz CT molecular complexity index is 272. The van der Waals surface area contributed by atoms with Crippen LogP contribution < -0.4 is 0 Å². The van der Waals surface area contributed by atoms with Gasteiger partial charge < -0.3 is 0 Å². The van der Waals surface area contributed by atoms with Crippen molar-refractivity contribution < 1.29 is 0 Å². The van der Waals surface area contributed by atoms with Gasteiger partial charge in [0.1, 0.15) is 5.69 Å². The van der Waals surface area contributed by atoms with Crippen LogP contribution in [0, 0.1) is 5.18 Å². The maximum Gasteiger partial charge on any atom is 0.110 e. The molecule has 0 aliphatic rings. The highest BCUT2D eigenvalue weighted by molar-refractivity contribution is 8.05. The van der Waals surface area contributed by atoms with Gasteiger partial charge in [-0.1, -0.05) is 11.3 Å². The van der Waals surface area contributed by atoms with E-state index >= 15 is 0 Å². The SMILES string of the molecule is C[SH](C)#Cc1ccccn1. The molecular weight excluding hydrogens is 142 g/mol. The second-order valence-corrected chi connectivity index (χ2v) is 4.23. The van der Waals surface area contributed by atoms with Gasteiger partial charge in [-0.25, -0.2) is 15.3 Å². The number of nitrogens with zero attached hydrogens (tertiary/aromatic N) is 1. The number of rotatable bonds is 0. The highest BCUT2D eigenvalue weighted by Gasteiger charge is 1.80. The van der Waals surface area contributed by atoms with Crippen molar-refractivity contribution in [3.05, 3.63) is 30.1 Å². The molecule has 0 N–H and O–H groups in total. The van der Waals surface area contributed by atoms with Crippen LogP contribution in [0.5, 0.6) is 0 Å².